The fraction of sp³-hybridized carbons (Fsp3) is 0.133. The van der Waals surface area contributed by atoms with E-state index in [1.54, 1.807) is 4.68 Å². The van der Waals surface area contributed by atoms with E-state index in [1.807, 2.05) is 49.8 Å². The highest BCUT2D eigenvalue weighted by atomic mass is 32.1. The van der Waals surface area contributed by atoms with Crippen molar-refractivity contribution in [1.82, 2.24) is 14.8 Å². The Kier molecular flexibility index (Phi) is 3.53. The van der Waals surface area contributed by atoms with Gasteiger partial charge in [0.15, 0.2) is 0 Å². The van der Waals surface area contributed by atoms with E-state index in [-0.39, 0.29) is 0 Å². The number of anilines is 1. The number of hydrogen-bond donors (Lipinski definition) is 2. The van der Waals surface area contributed by atoms with Crippen molar-refractivity contribution in [2.75, 3.05) is 5.32 Å². The minimum absolute atomic E-state index is 0.373. The number of aryl methyl sites for hydroxylation is 1. The molecule has 0 saturated heterocycles. The molecule has 6 heteroatoms. The van der Waals surface area contributed by atoms with Crippen LogP contribution in [0.3, 0.4) is 0 Å². The van der Waals surface area contributed by atoms with Gasteiger partial charge in [0.05, 0.1) is 11.7 Å². The van der Waals surface area contributed by atoms with E-state index in [4.69, 9.17) is 18.0 Å². The van der Waals surface area contributed by atoms with Crippen molar-refractivity contribution in [3.63, 3.8) is 0 Å². The van der Waals surface area contributed by atoms with Crippen LogP contribution in [0.25, 0.3) is 10.9 Å². The van der Waals surface area contributed by atoms with E-state index in [9.17, 15) is 0 Å². The average Bonchev–Trinajstić information content (AvgIpc) is 2.89. The normalized spacial score (nSPS) is 10.7. The second-order valence-corrected chi connectivity index (χ2v) is 5.25. The van der Waals surface area contributed by atoms with Crippen molar-refractivity contribution in [3.05, 3.63) is 53.9 Å². The fourth-order valence-electron chi connectivity index (χ4n) is 2.23. The van der Waals surface area contributed by atoms with Crippen molar-refractivity contribution in [2.45, 2.75) is 6.54 Å². The number of fused-ring (bicyclic) bond motifs is 1. The van der Waals surface area contributed by atoms with Crippen molar-refractivity contribution < 1.29 is 0 Å². The third-order valence-corrected chi connectivity index (χ3v) is 3.43. The third kappa shape index (κ3) is 2.85. The Morgan fingerprint density at radius 1 is 1.38 bits per heavy atom. The van der Waals surface area contributed by atoms with E-state index in [1.165, 1.54) is 0 Å². The molecule has 21 heavy (non-hydrogen) atoms. The summed E-state index contributed by atoms with van der Waals surface area (Å²) in [6, 6.07) is 9.72. The monoisotopic (exact) mass is 297 g/mol. The van der Waals surface area contributed by atoms with Gasteiger partial charge >= 0.3 is 0 Å². The lowest BCUT2D eigenvalue weighted by Crippen LogP contribution is -2.11. The molecule has 106 valence electrons. The number of para-hydroxylation sites is 1. The van der Waals surface area contributed by atoms with Crippen LogP contribution >= 0.6 is 12.2 Å². The standard InChI is InChI=1S/C15H15N5S/c1-20-9-10(8-18-20)7-17-14-6-12(15(16)21)11-4-2-3-5-13(11)19-14/h2-6,8-9H,7H2,1H3,(H2,16,21)(H,17,19). The van der Waals surface area contributed by atoms with Crippen LogP contribution in [0.2, 0.25) is 0 Å². The minimum atomic E-state index is 0.373. The summed E-state index contributed by atoms with van der Waals surface area (Å²) in [7, 11) is 1.89. The molecule has 0 spiro atoms. The molecule has 0 aliphatic rings. The molecule has 3 rings (SSSR count). The number of nitrogens with one attached hydrogen (secondary N) is 1. The molecule has 0 amide bonds. The van der Waals surface area contributed by atoms with Crippen LogP contribution in [0.5, 0.6) is 0 Å². The van der Waals surface area contributed by atoms with Gasteiger partial charge in [-0.1, -0.05) is 30.4 Å². The predicted octanol–water partition coefficient (Wildman–Crippen LogP) is 2.21. The van der Waals surface area contributed by atoms with Gasteiger partial charge in [-0.15, -0.1) is 0 Å². The number of hydrogen-bond acceptors (Lipinski definition) is 4. The molecular formula is C15H15N5S. The van der Waals surface area contributed by atoms with Crippen LogP contribution in [0.15, 0.2) is 42.7 Å². The summed E-state index contributed by atoms with van der Waals surface area (Å²) in [6.45, 7) is 0.649. The maximum atomic E-state index is 5.82. The van der Waals surface area contributed by atoms with Gasteiger partial charge in [-0.3, -0.25) is 4.68 Å². The largest absolute Gasteiger partial charge is 0.389 e. The molecule has 2 aromatic heterocycles. The van der Waals surface area contributed by atoms with Crippen molar-refractivity contribution in [1.29, 1.82) is 0 Å². The highest BCUT2D eigenvalue weighted by molar-refractivity contribution is 7.80. The number of pyridine rings is 1. The first-order valence-electron chi connectivity index (χ1n) is 6.54. The summed E-state index contributed by atoms with van der Waals surface area (Å²) in [5.74, 6) is 0.750. The number of aromatic nitrogens is 3. The maximum Gasteiger partial charge on any atom is 0.127 e. The third-order valence-electron chi connectivity index (χ3n) is 3.21. The number of nitrogens with two attached hydrogens (primary N) is 1. The van der Waals surface area contributed by atoms with Gasteiger partial charge in [0.25, 0.3) is 0 Å². The second kappa shape index (κ2) is 5.49. The highest BCUT2D eigenvalue weighted by Gasteiger charge is 2.07. The Morgan fingerprint density at radius 2 is 2.19 bits per heavy atom. The van der Waals surface area contributed by atoms with Gasteiger partial charge in [-0.05, 0) is 12.1 Å². The number of benzene rings is 1. The SMILES string of the molecule is Cn1cc(CNc2cc(C(N)=S)c3ccccc3n2)cn1. The molecule has 0 fully saturated rings. The Bertz CT molecular complexity index is 809. The van der Waals surface area contributed by atoms with Gasteiger partial charge < -0.3 is 11.1 Å². The molecule has 0 bridgehead atoms. The van der Waals surface area contributed by atoms with Gasteiger partial charge in [0, 0.05) is 36.3 Å². The molecule has 5 nitrogen and oxygen atoms in total. The molecule has 2 heterocycles. The Hall–Kier alpha value is -2.47. The Balaban J connectivity index is 1.93. The zero-order valence-electron chi connectivity index (χ0n) is 11.6. The summed E-state index contributed by atoms with van der Waals surface area (Å²) in [4.78, 5) is 4.96. The van der Waals surface area contributed by atoms with Gasteiger partial charge in [0.1, 0.15) is 10.8 Å². The first kappa shape index (κ1) is 13.5. The summed E-state index contributed by atoms with van der Waals surface area (Å²) in [5.41, 5.74) is 8.62. The molecule has 3 aromatic rings. The van der Waals surface area contributed by atoms with Crippen LogP contribution in [0, 0.1) is 0 Å². The first-order valence-corrected chi connectivity index (χ1v) is 6.95. The lowest BCUT2D eigenvalue weighted by molar-refractivity contribution is 0.767. The molecule has 0 aliphatic heterocycles. The highest BCUT2D eigenvalue weighted by Crippen LogP contribution is 2.21. The number of thiocarbonyl (C=S) groups is 1. The lowest BCUT2D eigenvalue weighted by atomic mass is 10.1. The summed E-state index contributed by atoms with van der Waals surface area (Å²) < 4.78 is 1.77. The summed E-state index contributed by atoms with van der Waals surface area (Å²) in [5, 5.41) is 8.39. The van der Waals surface area contributed by atoms with E-state index >= 15 is 0 Å². The molecule has 1 aromatic carbocycles. The van der Waals surface area contributed by atoms with Crippen LogP contribution in [-0.4, -0.2) is 19.8 Å². The fourth-order valence-corrected chi connectivity index (χ4v) is 2.39. The second-order valence-electron chi connectivity index (χ2n) is 4.81. The Labute approximate surface area is 127 Å². The van der Waals surface area contributed by atoms with E-state index in [0.717, 1.165) is 27.8 Å². The molecule has 0 atom stereocenters. The topological polar surface area (TPSA) is 68.8 Å². The first-order chi connectivity index (χ1) is 10.1. The zero-order chi connectivity index (χ0) is 14.8. The van der Waals surface area contributed by atoms with E-state index in [0.29, 0.717) is 11.5 Å². The summed E-state index contributed by atoms with van der Waals surface area (Å²) >= 11 is 5.14. The molecule has 3 N–H and O–H groups in total. The molecular weight excluding hydrogens is 282 g/mol. The molecule has 0 saturated carbocycles. The molecule has 0 unspecified atom stereocenters. The number of nitrogens with zero attached hydrogens (tertiary/aromatic N) is 3. The quantitative estimate of drug-likeness (QED) is 0.723. The minimum Gasteiger partial charge on any atom is -0.389 e. The maximum absolute atomic E-state index is 5.82. The lowest BCUT2D eigenvalue weighted by Gasteiger charge is -2.09. The van der Waals surface area contributed by atoms with Crippen LogP contribution in [0.1, 0.15) is 11.1 Å². The smallest absolute Gasteiger partial charge is 0.127 e. The molecule has 0 radical (unpaired) electrons. The predicted molar refractivity (Wildman–Crippen MR) is 88.2 cm³/mol. The van der Waals surface area contributed by atoms with Crippen LogP contribution < -0.4 is 11.1 Å². The summed E-state index contributed by atoms with van der Waals surface area (Å²) in [6.07, 6.45) is 3.78. The van der Waals surface area contributed by atoms with Crippen LogP contribution in [0.4, 0.5) is 5.82 Å². The van der Waals surface area contributed by atoms with Gasteiger partial charge in [-0.2, -0.15) is 5.10 Å². The average molecular weight is 297 g/mol. The number of rotatable bonds is 4. The van der Waals surface area contributed by atoms with Gasteiger partial charge in [-0.25, -0.2) is 4.98 Å². The zero-order valence-corrected chi connectivity index (χ0v) is 12.4. The van der Waals surface area contributed by atoms with E-state index < -0.39 is 0 Å². The van der Waals surface area contributed by atoms with Crippen LogP contribution in [-0.2, 0) is 13.6 Å². The molecule has 0 aliphatic carbocycles. The van der Waals surface area contributed by atoms with E-state index in [2.05, 4.69) is 15.4 Å². The van der Waals surface area contributed by atoms with Crippen molar-refractivity contribution in [3.8, 4) is 0 Å². The van der Waals surface area contributed by atoms with Crippen molar-refractivity contribution >= 4 is 33.9 Å². The Morgan fingerprint density at radius 3 is 2.90 bits per heavy atom. The van der Waals surface area contributed by atoms with Crippen molar-refractivity contribution in [2.24, 2.45) is 12.8 Å². The van der Waals surface area contributed by atoms with Gasteiger partial charge in [0.2, 0.25) is 0 Å².